The van der Waals surface area contributed by atoms with Crippen LogP contribution in [0, 0.1) is 0 Å². The van der Waals surface area contributed by atoms with Crippen LogP contribution in [0.3, 0.4) is 0 Å². The van der Waals surface area contributed by atoms with Crippen molar-refractivity contribution >= 4 is 0 Å². The summed E-state index contributed by atoms with van der Waals surface area (Å²) in [6.45, 7) is 6.03. The van der Waals surface area contributed by atoms with E-state index in [0.717, 1.165) is 19.5 Å². The summed E-state index contributed by atoms with van der Waals surface area (Å²) < 4.78 is 0. The molecule has 15 heavy (non-hydrogen) atoms. The van der Waals surface area contributed by atoms with Gasteiger partial charge in [-0.1, -0.05) is 6.07 Å². The normalized spacial score (nSPS) is 12.1. The van der Waals surface area contributed by atoms with Crippen molar-refractivity contribution in [3.63, 3.8) is 0 Å². The molecule has 0 saturated carbocycles. The predicted molar refractivity (Wildman–Crippen MR) is 63.7 cm³/mol. The Hall–Kier alpha value is -0.930. The van der Waals surface area contributed by atoms with Crippen molar-refractivity contribution in [3.05, 3.63) is 30.1 Å². The Kier molecular flexibility index (Phi) is 4.24. The van der Waals surface area contributed by atoms with Gasteiger partial charge < -0.3 is 10.6 Å². The Morgan fingerprint density at radius 2 is 2.20 bits per heavy atom. The average molecular weight is 207 g/mol. The van der Waals surface area contributed by atoms with Crippen LogP contribution in [0.1, 0.15) is 19.4 Å². The first-order valence-electron chi connectivity index (χ1n) is 5.34. The lowest BCUT2D eigenvalue weighted by atomic mass is 10.1. The lowest BCUT2D eigenvalue weighted by Gasteiger charge is -2.26. The summed E-state index contributed by atoms with van der Waals surface area (Å²) in [4.78, 5) is 6.35. The van der Waals surface area contributed by atoms with Gasteiger partial charge >= 0.3 is 0 Å². The van der Waals surface area contributed by atoms with Gasteiger partial charge in [0.1, 0.15) is 0 Å². The molecule has 3 heteroatoms. The summed E-state index contributed by atoms with van der Waals surface area (Å²) in [6.07, 6.45) is 4.75. The molecule has 3 nitrogen and oxygen atoms in total. The van der Waals surface area contributed by atoms with Crippen molar-refractivity contribution in [1.82, 2.24) is 9.88 Å². The maximum Gasteiger partial charge on any atom is 0.0300 e. The van der Waals surface area contributed by atoms with Crippen molar-refractivity contribution < 1.29 is 0 Å². The van der Waals surface area contributed by atoms with E-state index in [-0.39, 0.29) is 5.54 Å². The summed E-state index contributed by atoms with van der Waals surface area (Å²) in [6, 6.07) is 4.08. The molecule has 2 N–H and O–H groups in total. The number of hydrogen-bond acceptors (Lipinski definition) is 3. The molecular formula is C12H21N3. The fourth-order valence-corrected chi connectivity index (χ4v) is 1.64. The number of pyridine rings is 1. The van der Waals surface area contributed by atoms with Crippen molar-refractivity contribution in [2.45, 2.75) is 25.8 Å². The van der Waals surface area contributed by atoms with Crippen LogP contribution in [0.2, 0.25) is 0 Å². The first kappa shape index (κ1) is 12.1. The molecule has 0 saturated heterocycles. The molecule has 84 valence electrons. The lowest BCUT2D eigenvalue weighted by molar-refractivity contribution is 0.273. The first-order chi connectivity index (χ1) is 6.97. The number of nitrogens with zero attached hydrogens (tertiary/aromatic N) is 2. The van der Waals surface area contributed by atoms with E-state index in [1.54, 1.807) is 6.20 Å². The zero-order valence-electron chi connectivity index (χ0n) is 9.90. The van der Waals surface area contributed by atoms with Crippen molar-refractivity contribution in [3.8, 4) is 0 Å². The van der Waals surface area contributed by atoms with E-state index in [4.69, 9.17) is 5.73 Å². The quantitative estimate of drug-likeness (QED) is 0.791. The van der Waals surface area contributed by atoms with Gasteiger partial charge in [-0.3, -0.25) is 4.98 Å². The molecule has 0 fully saturated rings. The molecule has 0 atom stereocenters. The van der Waals surface area contributed by atoms with E-state index in [9.17, 15) is 0 Å². The lowest BCUT2D eigenvalue weighted by Crippen LogP contribution is -2.44. The fraction of sp³-hybridized carbons (Fsp3) is 0.583. The molecule has 0 aliphatic rings. The second-order valence-corrected chi connectivity index (χ2v) is 4.84. The first-order valence-corrected chi connectivity index (χ1v) is 5.34. The van der Waals surface area contributed by atoms with E-state index < -0.39 is 0 Å². The molecule has 1 heterocycles. The minimum absolute atomic E-state index is 0.121. The maximum atomic E-state index is 5.95. The molecule has 0 aliphatic heterocycles. The smallest absolute Gasteiger partial charge is 0.0300 e. The summed E-state index contributed by atoms with van der Waals surface area (Å²) in [5.74, 6) is 0. The van der Waals surface area contributed by atoms with Gasteiger partial charge in [0.05, 0.1) is 0 Å². The highest BCUT2D eigenvalue weighted by atomic mass is 15.1. The highest BCUT2D eigenvalue weighted by Crippen LogP contribution is 2.02. The largest absolute Gasteiger partial charge is 0.324 e. The number of likely N-dealkylation sites (N-methyl/N-ethyl adjacent to an activating group) is 1. The average Bonchev–Trinajstić information content (AvgIpc) is 2.14. The fourth-order valence-electron chi connectivity index (χ4n) is 1.64. The molecule has 0 amide bonds. The molecule has 0 aliphatic carbocycles. The number of rotatable bonds is 5. The van der Waals surface area contributed by atoms with Gasteiger partial charge in [0.15, 0.2) is 0 Å². The van der Waals surface area contributed by atoms with Crippen LogP contribution < -0.4 is 5.73 Å². The van der Waals surface area contributed by atoms with Gasteiger partial charge in [0.2, 0.25) is 0 Å². The molecule has 1 rings (SSSR count). The number of nitrogens with two attached hydrogens (primary N) is 1. The Morgan fingerprint density at radius 3 is 2.73 bits per heavy atom. The van der Waals surface area contributed by atoms with Crippen LogP contribution in [-0.4, -0.2) is 35.6 Å². The van der Waals surface area contributed by atoms with Crippen molar-refractivity contribution in [2.24, 2.45) is 5.73 Å². The third-order valence-corrected chi connectivity index (χ3v) is 2.18. The molecule has 0 bridgehead atoms. The molecular weight excluding hydrogens is 186 g/mol. The third-order valence-electron chi connectivity index (χ3n) is 2.18. The van der Waals surface area contributed by atoms with Gasteiger partial charge in [0.25, 0.3) is 0 Å². The summed E-state index contributed by atoms with van der Waals surface area (Å²) in [5.41, 5.74) is 7.11. The van der Waals surface area contributed by atoms with E-state index in [0.29, 0.717) is 0 Å². The predicted octanol–water partition coefficient (Wildman–Crippen LogP) is 1.29. The third kappa shape index (κ3) is 5.50. The topological polar surface area (TPSA) is 42.2 Å². The Bertz CT molecular complexity index is 277. The summed E-state index contributed by atoms with van der Waals surface area (Å²) in [5, 5.41) is 0. The standard InChI is InChI=1S/C12H21N3/c1-12(2,13)10-15(3)8-6-11-5-4-7-14-9-11/h4-5,7,9H,6,8,10,13H2,1-3H3. The SMILES string of the molecule is CN(CCc1cccnc1)CC(C)(C)N. The van der Waals surface area contributed by atoms with Crippen molar-refractivity contribution in [2.75, 3.05) is 20.1 Å². The van der Waals surface area contributed by atoms with Crippen LogP contribution in [0.25, 0.3) is 0 Å². The highest BCUT2D eigenvalue weighted by molar-refractivity contribution is 5.08. The maximum absolute atomic E-state index is 5.95. The molecule has 0 radical (unpaired) electrons. The van der Waals surface area contributed by atoms with Gasteiger partial charge in [-0.05, 0) is 38.9 Å². The van der Waals surface area contributed by atoms with Crippen LogP contribution in [0.5, 0.6) is 0 Å². The second kappa shape index (κ2) is 5.24. The molecule has 0 unspecified atom stereocenters. The number of aromatic nitrogens is 1. The monoisotopic (exact) mass is 207 g/mol. The molecule has 1 aromatic rings. The Balaban J connectivity index is 2.32. The van der Waals surface area contributed by atoms with E-state index in [1.165, 1.54) is 5.56 Å². The van der Waals surface area contributed by atoms with Gasteiger partial charge in [0, 0.05) is 31.0 Å². The molecule has 1 aromatic heterocycles. The van der Waals surface area contributed by atoms with Gasteiger partial charge in [-0.2, -0.15) is 0 Å². The number of hydrogen-bond donors (Lipinski definition) is 1. The van der Waals surface area contributed by atoms with E-state index >= 15 is 0 Å². The minimum atomic E-state index is -0.121. The summed E-state index contributed by atoms with van der Waals surface area (Å²) in [7, 11) is 2.10. The zero-order valence-corrected chi connectivity index (χ0v) is 9.90. The molecule has 0 spiro atoms. The van der Waals surface area contributed by atoms with E-state index in [2.05, 4.69) is 23.0 Å². The van der Waals surface area contributed by atoms with Crippen LogP contribution in [-0.2, 0) is 6.42 Å². The van der Waals surface area contributed by atoms with E-state index in [1.807, 2.05) is 26.1 Å². The highest BCUT2D eigenvalue weighted by Gasteiger charge is 2.13. The van der Waals surface area contributed by atoms with Crippen LogP contribution >= 0.6 is 0 Å². The van der Waals surface area contributed by atoms with Crippen LogP contribution in [0.15, 0.2) is 24.5 Å². The van der Waals surface area contributed by atoms with Gasteiger partial charge in [-0.25, -0.2) is 0 Å². The Morgan fingerprint density at radius 1 is 1.47 bits per heavy atom. The van der Waals surface area contributed by atoms with Gasteiger partial charge in [-0.15, -0.1) is 0 Å². The zero-order chi connectivity index (χ0) is 11.3. The van der Waals surface area contributed by atoms with Crippen molar-refractivity contribution in [1.29, 1.82) is 0 Å². The molecule has 0 aromatic carbocycles. The Labute approximate surface area is 92.3 Å². The summed E-state index contributed by atoms with van der Waals surface area (Å²) >= 11 is 0. The van der Waals surface area contributed by atoms with Crippen LogP contribution in [0.4, 0.5) is 0 Å². The minimum Gasteiger partial charge on any atom is -0.324 e. The second-order valence-electron chi connectivity index (χ2n) is 4.84.